The molecule has 1 saturated carbocycles. The molecule has 1 aromatic carbocycles. The lowest BCUT2D eigenvalue weighted by Crippen LogP contribution is -2.13. The fourth-order valence-electron chi connectivity index (χ4n) is 3.30. The van der Waals surface area contributed by atoms with Gasteiger partial charge in [0.1, 0.15) is 5.82 Å². The van der Waals surface area contributed by atoms with Crippen molar-refractivity contribution >= 4 is 28.7 Å². The molecule has 4 rings (SSSR count). The van der Waals surface area contributed by atoms with Gasteiger partial charge in [-0.15, -0.1) is 11.3 Å². The van der Waals surface area contributed by atoms with Gasteiger partial charge in [0.05, 0.1) is 11.1 Å². The molecular weight excluding hydrogens is 387 g/mol. The van der Waals surface area contributed by atoms with Crippen LogP contribution in [0.4, 0.5) is 10.1 Å². The van der Waals surface area contributed by atoms with Gasteiger partial charge in [0.25, 0.3) is 5.91 Å². The van der Waals surface area contributed by atoms with E-state index < -0.39 is 5.82 Å². The number of anilines is 1. The minimum absolute atomic E-state index is 0.121. The van der Waals surface area contributed by atoms with Gasteiger partial charge in [-0.05, 0) is 66.8 Å². The van der Waals surface area contributed by atoms with Crippen LogP contribution >= 0.6 is 11.3 Å². The van der Waals surface area contributed by atoms with E-state index in [2.05, 4.69) is 10.3 Å². The first kappa shape index (κ1) is 19.5. The molecule has 148 valence electrons. The summed E-state index contributed by atoms with van der Waals surface area (Å²) >= 11 is 1.31. The summed E-state index contributed by atoms with van der Waals surface area (Å²) in [5.41, 5.74) is 4.37. The molecule has 1 fully saturated rings. The van der Waals surface area contributed by atoms with E-state index in [9.17, 15) is 14.0 Å². The predicted molar refractivity (Wildman–Crippen MR) is 113 cm³/mol. The van der Waals surface area contributed by atoms with Gasteiger partial charge in [0.15, 0.2) is 5.78 Å². The number of pyridine rings is 1. The summed E-state index contributed by atoms with van der Waals surface area (Å²) in [6.07, 6.45) is 5.56. The van der Waals surface area contributed by atoms with Crippen molar-refractivity contribution in [1.82, 2.24) is 4.98 Å². The third-order valence-corrected chi connectivity index (χ3v) is 6.32. The minimum Gasteiger partial charge on any atom is -0.321 e. The molecule has 0 bridgehead atoms. The zero-order chi connectivity index (χ0) is 20.5. The fourth-order valence-corrected chi connectivity index (χ4v) is 4.29. The Kier molecular flexibility index (Phi) is 5.28. The van der Waals surface area contributed by atoms with Crippen LogP contribution in [0.25, 0.3) is 11.1 Å². The first-order valence-corrected chi connectivity index (χ1v) is 10.4. The highest BCUT2D eigenvalue weighted by Crippen LogP contribution is 2.34. The monoisotopic (exact) mass is 408 g/mol. The molecule has 2 aromatic heterocycles. The van der Waals surface area contributed by atoms with Gasteiger partial charge in [0.2, 0.25) is 0 Å². The number of benzene rings is 1. The number of aryl methyl sites for hydroxylation is 1. The molecule has 6 heteroatoms. The smallest absolute Gasteiger partial charge is 0.266 e. The standard InChI is InChI=1S/C23H21FN2O2S/c1-13-3-6-16(21(27)7-15-4-5-15)9-20(13)26-23(28)22-14(2)19(12-29-22)17-8-18(24)11-25-10-17/h3,6,8-12,15H,4-5,7H2,1-2H3,(H,26,28). The van der Waals surface area contributed by atoms with Gasteiger partial charge >= 0.3 is 0 Å². The summed E-state index contributed by atoms with van der Waals surface area (Å²) < 4.78 is 13.5. The Bertz CT molecular complexity index is 1100. The summed E-state index contributed by atoms with van der Waals surface area (Å²) in [5.74, 6) is -0.0112. The average molecular weight is 408 g/mol. The maximum atomic E-state index is 13.5. The number of ketones is 1. The van der Waals surface area contributed by atoms with E-state index >= 15 is 0 Å². The Morgan fingerprint density at radius 1 is 1.21 bits per heavy atom. The highest BCUT2D eigenvalue weighted by molar-refractivity contribution is 7.12. The number of thiophene rings is 1. The van der Waals surface area contributed by atoms with Crippen molar-refractivity contribution in [3.05, 3.63) is 69.4 Å². The van der Waals surface area contributed by atoms with E-state index in [1.54, 1.807) is 12.3 Å². The topological polar surface area (TPSA) is 59.1 Å². The normalized spacial score (nSPS) is 13.3. The molecule has 4 nitrogen and oxygen atoms in total. The third kappa shape index (κ3) is 4.27. The zero-order valence-electron chi connectivity index (χ0n) is 16.3. The molecule has 29 heavy (non-hydrogen) atoms. The van der Waals surface area contributed by atoms with Crippen LogP contribution in [-0.2, 0) is 0 Å². The number of hydrogen-bond donors (Lipinski definition) is 1. The molecule has 0 atom stereocenters. The van der Waals surface area contributed by atoms with Crippen LogP contribution in [0.5, 0.6) is 0 Å². The molecule has 3 aromatic rings. The third-order valence-electron chi connectivity index (χ3n) is 5.24. The maximum absolute atomic E-state index is 13.5. The van der Waals surface area contributed by atoms with Crippen molar-refractivity contribution in [3.8, 4) is 11.1 Å². The summed E-state index contributed by atoms with van der Waals surface area (Å²) in [6, 6.07) is 6.85. The number of nitrogens with zero attached hydrogens (tertiary/aromatic N) is 1. The molecule has 2 heterocycles. The summed E-state index contributed by atoms with van der Waals surface area (Å²) in [5, 5.41) is 4.77. The molecule has 0 radical (unpaired) electrons. The quantitative estimate of drug-likeness (QED) is 0.524. The Morgan fingerprint density at radius 2 is 2.00 bits per heavy atom. The number of hydrogen-bond acceptors (Lipinski definition) is 4. The number of amides is 1. The molecule has 1 N–H and O–H groups in total. The molecule has 0 saturated heterocycles. The van der Waals surface area contributed by atoms with Crippen LogP contribution in [0, 0.1) is 25.6 Å². The number of carbonyl (C=O) groups is 2. The Balaban J connectivity index is 1.56. The predicted octanol–water partition coefficient (Wildman–Crippen LogP) is 5.80. The number of rotatable bonds is 6. The highest BCUT2D eigenvalue weighted by Gasteiger charge is 2.25. The molecule has 1 amide bonds. The number of nitrogens with one attached hydrogen (secondary N) is 1. The van der Waals surface area contributed by atoms with Crippen LogP contribution in [0.1, 0.15) is 50.4 Å². The fraction of sp³-hybridized carbons (Fsp3) is 0.261. The van der Waals surface area contributed by atoms with Crippen molar-refractivity contribution in [2.75, 3.05) is 5.32 Å². The average Bonchev–Trinajstić information content (AvgIpc) is 3.42. The molecule has 1 aliphatic carbocycles. The Labute approximate surface area is 172 Å². The van der Waals surface area contributed by atoms with Gasteiger partial charge in [-0.3, -0.25) is 14.6 Å². The second-order valence-electron chi connectivity index (χ2n) is 7.55. The van der Waals surface area contributed by atoms with E-state index in [0.29, 0.717) is 34.0 Å². The largest absolute Gasteiger partial charge is 0.321 e. The van der Waals surface area contributed by atoms with E-state index in [-0.39, 0.29) is 11.7 Å². The number of carbonyl (C=O) groups excluding carboxylic acids is 2. The summed E-state index contributed by atoms with van der Waals surface area (Å²) in [7, 11) is 0. The van der Waals surface area contributed by atoms with Crippen LogP contribution in [-0.4, -0.2) is 16.7 Å². The Hall–Kier alpha value is -2.86. The van der Waals surface area contributed by atoms with Gasteiger partial charge in [-0.25, -0.2) is 4.39 Å². The van der Waals surface area contributed by atoms with Gasteiger partial charge < -0.3 is 5.32 Å². The van der Waals surface area contributed by atoms with E-state index in [1.165, 1.54) is 17.4 Å². The lowest BCUT2D eigenvalue weighted by molar-refractivity contribution is 0.0974. The van der Waals surface area contributed by atoms with Crippen molar-refractivity contribution in [2.24, 2.45) is 5.92 Å². The van der Waals surface area contributed by atoms with Gasteiger partial charge in [0, 0.05) is 29.4 Å². The molecule has 0 unspecified atom stereocenters. The summed E-state index contributed by atoms with van der Waals surface area (Å²) in [6.45, 7) is 3.74. The van der Waals surface area contributed by atoms with E-state index in [0.717, 1.165) is 35.7 Å². The number of halogens is 1. The Morgan fingerprint density at radius 3 is 2.72 bits per heavy atom. The van der Waals surface area contributed by atoms with E-state index in [4.69, 9.17) is 0 Å². The number of aromatic nitrogens is 1. The SMILES string of the molecule is Cc1ccc(C(=O)CC2CC2)cc1NC(=O)c1scc(-c2cncc(F)c2)c1C. The van der Waals surface area contributed by atoms with Crippen LogP contribution in [0.3, 0.4) is 0 Å². The lowest BCUT2D eigenvalue weighted by atomic mass is 10.0. The maximum Gasteiger partial charge on any atom is 0.266 e. The first-order valence-electron chi connectivity index (χ1n) is 9.56. The molecule has 1 aliphatic rings. The molecule has 0 aliphatic heterocycles. The van der Waals surface area contributed by atoms with Crippen LogP contribution in [0.15, 0.2) is 42.0 Å². The van der Waals surface area contributed by atoms with Crippen molar-refractivity contribution < 1.29 is 14.0 Å². The van der Waals surface area contributed by atoms with Crippen LogP contribution in [0.2, 0.25) is 0 Å². The zero-order valence-corrected chi connectivity index (χ0v) is 17.1. The highest BCUT2D eigenvalue weighted by atomic mass is 32.1. The van der Waals surface area contributed by atoms with Gasteiger partial charge in [-0.1, -0.05) is 12.1 Å². The second-order valence-corrected chi connectivity index (χ2v) is 8.43. The van der Waals surface area contributed by atoms with E-state index in [1.807, 2.05) is 31.4 Å². The van der Waals surface area contributed by atoms with Crippen molar-refractivity contribution in [1.29, 1.82) is 0 Å². The number of Topliss-reactive ketones (excluding diaryl/α,β-unsaturated/α-hetero) is 1. The molecule has 0 spiro atoms. The summed E-state index contributed by atoms with van der Waals surface area (Å²) in [4.78, 5) is 29.7. The first-order chi connectivity index (χ1) is 13.9. The van der Waals surface area contributed by atoms with Crippen molar-refractivity contribution in [2.45, 2.75) is 33.1 Å². The van der Waals surface area contributed by atoms with Gasteiger partial charge in [-0.2, -0.15) is 0 Å². The van der Waals surface area contributed by atoms with Crippen molar-refractivity contribution in [3.63, 3.8) is 0 Å². The van der Waals surface area contributed by atoms with Crippen LogP contribution < -0.4 is 5.32 Å². The molecular formula is C23H21FN2O2S. The minimum atomic E-state index is -0.414. The second kappa shape index (κ2) is 7.87. The lowest BCUT2D eigenvalue weighted by Gasteiger charge is -2.10.